The summed E-state index contributed by atoms with van der Waals surface area (Å²) >= 11 is 12.4. The molecule has 0 fully saturated rings. The van der Waals surface area contributed by atoms with Gasteiger partial charge in [-0.15, -0.1) is 0 Å². The number of carbonyl (C=O) groups excluding carboxylic acids is 1. The molecule has 0 unspecified atom stereocenters. The van der Waals surface area contributed by atoms with Crippen LogP contribution in [0.2, 0.25) is 10.0 Å². The van der Waals surface area contributed by atoms with Crippen LogP contribution in [0.4, 0.5) is 0 Å². The maximum absolute atomic E-state index is 12.8. The molecule has 0 saturated heterocycles. The number of aromatic hydroxyl groups is 1. The molecule has 2 aliphatic rings. The van der Waals surface area contributed by atoms with E-state index >= 15 is 0 Å². The van der Waals surface area contributed by atoms with Gasteiger partial charge in [0.15, 0.2) is 0 Å². The van der Waals surface area contributed by atoms with Crippen LogP contribution in [0.25, 0.3) is 33.4 Å². The standard InChI is InChI=1S/C29H21Cl2NO5/c1-36-25-5-3-2-4-16(25)10-11-32-29(35)18-8-6-17(7-9-18)28-19-12-21(30)23(33)14-26(19)37-27-15-24(34)22(31)13-20(27)28/h2-9,12-15,33H,10-11H2,1H3,(H,32,35). The van der Waals surface area contributed by atoms with Crippen LogP contribution in [0.15, 0.2) is 82.0 Å². The maximum Gasteiger partial charge on any atom is 0.251 e. The van der Waals surface area contributed by atoms with E-state index < -0.39 is 0 Å². The molecule has 0 aromatic heterocycles. The molecule has 3 aromatic rings. The lowest BCUT2D eigenvalue weighted by molar-refractivity contribution is 0.0954. The Balaban J connectivity index is 1.47. The van der Waals surface area contributed by atoms with E-state index in [1.54, 1.807) is 31.4 Å². The van der Waals surface area contributed by atoms with E-state index in [1.165, 1.54) is 12.1 Å². The van der Waals surface area contributed by atoms with Crippen molar-refractivity contribution in [1.82, 2.24) is 5.32 Å². The second kappa shape index (κ2) is 10.2. The average molecular weight is 534 g/mol. The van der Waals surface area contributed by atoms with E-state index in [4.69, 9.17) is 32.4 Å². The van der Waals surface area contributed by atoms with Crippen molar-refractivity contribution in [2.24, 2.45) is 0 Å². The predicted octanol–water partition coefficient (Wildman–Crippen LogP) is 6.56. The molecule has 0 bridgehead atoms. The van der Waals surface area contributed by atoms with Gasteiger partial charge in [-0.1, -0.05) is 53.5 Å². The molecule has 8 heteroatoms. The number of carbonyl (C=O) groups is 1. The summed E-state index contributed by atoms with van der Waals surface area (Å²) in [6, 6.07) is 20.6. The number of hydrogen-bond donors (Lipinski definition) is 2. The molecule has 0 radical (unpaired) electrons. The molecule has 37 heavy (non-hydrogen) atoms. The Morgan fingerprint density at radius 2 is 1.76 bits per heavy atom. The number of fused-ring (bicyclic) bond motifs is 2. The van der Waals surface area contributed by atoms with Gasteiger partial charge in [0.1, 0.15) is 22.8 Å². The van der Waals surface area contributed by atoms with Crippen molar-refractivity contribution in [3.8, 4) is 33.9 Å². The largest absolute Gasteiger partial charge is 0.506 e. The molecule has 1 aliphatic heterocycles. The molecule has 0 saturated carbocycles. The number of hydrogen-bond acceptors (Lipinski definition) is 5. The number of phenolic OH excluding ortho intramolecular Hbond substituents is 1. The van der Waals surface area contributed by atoms with Gasteiger partial charge in [0.2, 0.25) is 5.43 Å². The monoisotopic (exact) mass is 533 g/mol. The van der Waals surface area contributed by atoms with Crippen molar-refractivity contribution in [3.63, 3.8) is 0 Å². The Kier molecular flexibility index (Phi) is 6.78. The molecule has 1 heterocycles. The summed E-state index contributed by atoms with van der Waals surface area (Å²) in [5.41, 5.74) is 3.56. The third-order valence-electron chi connectivity index (χ3n) is 6.15. The van der Waals surface area contributed by atoms with E-state index in [2.05, 4.69) is 5.32 Å². The van der Waals surface area contributed by atoms with E-state index in [0.717, 1.165) is 16.9 Å². The van der Waals surface area contributed by atoms with Gasteiger partial charge in [-0.05, 0) is 47.9 Å². The zero-order valence-electron chi connectivity index (χ0n) is 19.7. The first-order valence-electron chi connectivity index (χ1n) is 11.4. The number of phenols is 1. The molecule has 0 atom stereocenters. The highest BCUT2D eigenvalue weighted by Gasteiger charge is 2.20. The first kappa shape index (κ1) is 24.7. The highest BCUT2D eigenvalue weighted by atomic mass is 35.5. The van der Waals surface area contributed by atoms with E-state index in [9.17, 15) is 14.7 Å². The van der Waals surface area contributed by atoms with Gasteiger partial charge in [0, 0.05) is 40.8 Å². The average Bonchev–Trinajstić information content (AvgIpc) is 2.90. The van der Waals surface area contributed by atoms with E-state index in [-0.39, 0.29) is 27.1 Å². The van der Waals surface area contributed by atoms with Crippen LogP contribution in [0.3, 0.4) is 0 Å². The molecule has 1 aliphatic carbocycles. The van der Waals surface area contributed by atoms with Gasteiger partial charge < -0.3 is 19.6 Å². The van der Waals surface area contributed by atoms with E-state index in [1.807, 2.05) is 36.4 Å². The number of halogens is 2. The Bertz CT molecular complexity index is 1660. The third kappa shape index (κ3) is 4.86. The Labute approximate surface area is 222 Å². The van der Waals surface area contributed by atoms with Crippen LogP contribution in [0.1, 0.15) is 15.9 Å². The molecule has 2 N–H and O–H groups in total. The lowest BCUT2D eigenvalue weighted by Crippen LogP contribution is -2.25. The fourth-order valence-electron chi connectivity index (χ4n) is 4.32. The number of ether oxygens (including phenoxy) is 1. The topological polar surface area (TPSA) is 88.8 Å². The van der Waals surface area contributed by atoms with Crippen molar-refractivity contribution in [3.05, 3.63) is 104 Å². The van der Waals surface area contributed by atoms with Crippen LogP contribution in [0.5, 0.6) is 11.5 Å². The summed E-state index contributed by atoms with van der Waals surface area (Å²) in [7, 11) is 1.62. The fourth-order valence-corrected chi connectivity index (χ4v) is 4.65. The molecular formula is C29H21Cl2NO5. The van der Waals surface area contributed by atoms with Gasteiger partial charge in [-0.3, -0.25) is 9.59 Å². The Morgan fingerprint density at radius 1 is 1.00 bits per heavy atom. The minimum Gasteiger partial charge on any atom is -0.506 e. The molecule has 3 aromatic carbocycles. The quantitative estimate of drug-likeness (QED) is 0.241. The summed E-state index contributed by atoms with van der Waals surface area (Å²) in [5.74, 6) is 0.760. The summed E-state index contributed by atoms with van der Waals surface area (Å²) < 4.78 is 11.3. The van der Waals surface area contributed by atoms with Crippen LogP contribution in [-0.4, -0.2) is 24.7 Å². The van der Waals surface area contributed by atoms with Crippen molar-refractivity contribution in [2.75, 3.05) is 13.7 Å². The highest BCUT2D eigenvalue weighted by molar-refractivity contribution is 6.33. The summed E-state index contributed by atoms with van der Waals surface area (Å²) in [5, 5.41) is 13.9. The number of rotatable bonds is 6. The maximum atomic E-state index is 12.8. The van der Waals surface area contributed by atoms with Gasteiger partial charge in [0.05, 0.1) is 17.2 Å². The van der Waals surface area contributed by atoms with Crippen molar-refractivity contribution >= 4 is 40.1 Å². The highest BCUT2D eigenvalue weighted by Crippen LogP contribution is 2.43. The first-order chi connectivity index (χ1) is 17.9. The van der Waals surface area contributed by atoms with Gasteiger partial charge in [0.25, 0.3) is 5.91 Å². The second-order valence-electron chi connectivity index (χ2n) is 8.45. The molecule has 0 spiro atoms. The molecule has 186 valence electrons. The van der Waals surface area contributed by atoms with Gasteiger partial charge in [-0.2, -0.15) is 0 Å². The number of nitrogens with one attached hydrogen (secondary N) is 1. The minimum absolute atomic E-state index is 0.0548. The van der Waals surface area contributed by atoms with Gasteiger partial charge in [-0.25, -0.2) is 0 Å². The van der Waals surface area contributed by atoms with Crippen LogP contribution in [-0.2, 0) is 6.42 Å². The van der Waals surface area contributed by atoms with E-state index in [0.29, 0.717) is 46.4 Å². The van der Waals surface area contributed by atoms with Crippen molar-refractivity contribution in [2.45, 2.75) is 6.42 Å². The number of para-hydroxylation sites is 1. The smallest absolute Gasteiger partial charge is 0.251 e. The summed E-state index contributed by atoms with van der Waals surface area (Å²) in [6.07, 6.45) is 0.634. The predicted molar refractivity (Wildman–Crippen MR) is 145 cm³/mol. The number of amides is 1. The minimum atomic E-state index is -0.374. The molecule has 5 rings (SSSR count). The van der Waals surface area contributed by atoms with Crippen LogP contribution >= 0.6 is 23.2 Å². The van der Waals surface area contributed by atoms with Crippen molar-refractivity contribution in [1.29, 1.82) is 0 Å². The van der Waals surface area contributed by atoms with Crippen LogP contribution < -0.4 is 15.5 Å². The normalized spacial score (nSPS) is 11.1. The third-order valence-corrected chi connectivity index (χ3v) is 6.75. The molecule has 6 nitrogen and oxygen atoms in total. The Morgan fingerprint density at radius 3 is 2.51 bits per heavy atom. The zero-order valence-corrected chi connectivity index (χ0v) is 21.2. The summed E-state index contributed by atoms with van der Waals surface area (Å²) in [6.45, 7) is 0.453. The second-order valence-corrected chi connectivity index (χ2v) is 9.27. The molecule has 1 amide bonds. The summed E-state index contributed by atoms with van der Waals surface area (Å²) in [4.78, 5) is 24.9. The Hall–Kier alpha value is -4.00. The lowest BCUT2D eigenvalue weighted by atomic mass is 9.93. The number of benzene rings is 4. The first-order valence-corrected chi connectivity index (χ1v) is 12.2. The van der Waals surface area contributed by atoms with Gasteiger partial charge >= 0.3 is 0 Å². The SMILES string of the molecule is COc1ccccc1CCNC(=O)c1ccc(-c2c3cc(Cl)c(=O)cc-3oc3cc(O)c(Cl)cc23)cc1. The van der Waals surface area contributed by atoms with Crippen molar-refractivity contribution < 1.29 is 19.1 Å². The number of methoxy groups -OCH3 is 1. The van der Waals surface area contributed by atoms with Crippen LogP contribution in [0, 0.1) is 0 Å². The fraction of sp³-hybridized carbons (Fsp3) is 0.103. The molecular weight excluding hydrogens is 513 g/mol. The lowest BCUT2D eigenvalue weighted by Gasteiger charge is -2.16. The zero-order chi connectivity index (χ0) is 26.1.